The lowest BCUT2D eigenvalue weighted by molar-refractivity contribution is -0.386. The first-order chi connectivity index (χ1) is 8.51. The third-order valence-corrected chi connectivity index (χ3v) is 3.59. The molecule has 0 heterocycles. The Morgan fingerprint density at radius 3 is 2.56 bits per heavy atom. The van der Waals surface area contributed by atoms with Gasteiger partial charge in [-0.3, -0.25) is 10.1 Å². The van der Waals surface area contributed by atoms with Crippen LogP contribution in [-0.2, 0) is 0 Å². The van der Waals surface area contributed by atoms with Crippen molar-refractivity contribution in [1.82, 2.24) is 0 Å². The molecule has 2 rings (SSSR count). The molecule has 0 saturated heterocycles. The number of hydrogen-bond donors (Lipinski definition) is 1. The molecule has 1 saturated carbocycles. The van der Waals surface area contributed by atoms with E-state index in [4.69, 9.17) is 10.5 Å². The molecule has 1 fully saturated rings. The number of rotatable bonds is 4. The number of benzene rings is 1. The van der Waals surface area contributed by atoms with E-state index in [0.717, 1.165) is 24.0 Å². The summed E-state index contributed by atoms with van der Waals surface area (Å²) in [6.07, 6.45) is 1.85. The Balaban J connectivity index is 2.16. The molecule has 98 valence electrons. The van der Waals surface area contributed by atoms with Crippen molar-refractivity contribution in [3.63, 3.8) is 0 Å². The van der Waals surface area contributed by atoms with Crippen molar-refractivity contribution in [3.8, 4) is 5.75 Å². The lowest BCUT2D eigenvalue weighted by Crippen LogP contribution is -2.37. The largest absolute Gasteiger partial charge is 0.483 e. The van der Waals surface area contributed by atoms with Crippen LogP contribution in [-0.4, -0.2) is 17.6 Å². The lowest BCUT2D eigenvalue weighted by atomic mass is 9.82. The molecule has 2 N–H and O–H groups in total. The van der Waals surface area contributed by atoms with Crippen LogP contribution in [0, 0.1) is 29.9 Å². The molecule has 0 bridgehead atoms. The van der Waals surface area contributed by atoms with E-state index in [0.29, 0.717) is 18.2 Å². The highest BCUT2D eigenvalue weighted by molar-refractivity contribution is 5.51. The number of nitrogens with zero attached hydrogens (tertiary/aromatic N) is 1. The zero-order valence-electron chi connectivity index (χ0n) is 10.7. The lowest BCUT2D eigenvalue weighted by Gasteiger charge is -2.34. The summed E-state index contributed by atoms with van der Waals surface area (Å²) in [5.74, 6) is 0.879. The van der Waals surface area contributed by atoms with Crippen LogP contribution in [0.3, 0.4) is 0 Å². The number of hydrogen-bond acceptors (Lipinski definition) is 4. The predicted octanol–water partition coefficient (Wildman–Crippen LogP) is 2.33. The van der Waals surface area contributed by atoms with Crippen molar-refractivity contribution in [2.24, 2.45) is 11.7 Å². The van der Waals surface area contributed by atoms with Gasteiger partial charge in [0.2, 0.25) is 0 Å². The van der Waals surface area contributed by atoms with Crippen molar-refractivity contribution in [2.75, 3.05) is 6.54 Å². The molecule has 5 heteroatoms. The minimum atomic E-state index is -0.388. The quantitative estimate of drug-likeness (QED) is 0.657. The molecule has 1 aliphatic rings. The second-order valence-electron chi connectivity index (χ2n) is 4.97. The van der Waals surface area contributed by atoms with Gasteiger partial charge in [0, 0.05) is 6.07 Å². The van der Waals surface area contributed by atoms with Crippen LogP contribution < -0.4 is 10.5 Å². The fraction of sp³-hybridized carbons (Fsp3) is 0.538. The van der Waals surface area contributed by atoms with Gasteiger partial charge in [-0.05, 0) is 56.3 Å². The number of nitro groups is 1. The number of nitro benzene ring substituents is 1. The zero-order chi connectivity index (χ0) is 13.3. The summed E-state index contributed by atoms with van der Waals surface area (Å²) in [7, 11) is 0. The van der Waals surface area contributed by atoms with Crippen molar-refractivity contribution >= 4 is 5.69 Å². The van der Waals surface area contributed by atoms with Gasteiger partial charge in [-0.2, -0.15) is 0 Å². The topological polar surface area (TPSA) is 78.4 Å². The Bertz CT molecular complexity index is 468. The monoisotopic (exact) mass is 250 g/mol. The first-order valence-corrected chi connectivity index (χ1v) is 6.13. The van der Waals surface area contributed by atoms with Gasteiger partial charge < -0.3 is 10.5 Å². The minimum absolute atomic E-state index is 0.0503. The molecule has 0 spiro atoms. The van der Waals surface area contributed by atoms with E-state index in [1.165, 1.54) is 0 Å². The second kappa shape index (κ2) is 4.94. The summed E-state index contributed by atoms with van der Waals surface area (Å²) in [5.41, 5.74) is 7.51. The van der Waals surface area contributed by atoms with E-state index in [2.05, 4.69) is 0 Å². The molecule has 1 aliphatic carbocycles. The fourth-order valence-corrected chi connectivity index (χ4v) is 2.15. The van der Waals surface area contributed by atoms with Crippen LogP contribution in [0.2, 0.25) is 0 Å². The van der Waals surface area contributed by atoms with E-state index in [-0.39, 0.29) is 16.7 Å². The average molecular weight is 250 g/mol. The van der Waals surface area contributed by atoms with Crippen LogP contribution in [0.25, 0.3) is 0 Å². The van der Waals surface area contributed by atoms with Crippen LogP contribution in [0.5, 0.6) is 5.75 Å². The molecule has 1 aromatic rings. The van der Waals surface area contributed by atoms with Crippen molar-refractivity contribution in [3.05, 3.63) is 33.4 Å². The van der Waals surface area contributed by atoms with Crippen LogP contribution in [0.4, 0.5) is 5.69 Å². The first kappa shape index (κ1) is 12.8. The third kappa shape index (κ3) is 2.46. The van der Waals surface area contributed by atoms with Gasteiger partial charge in [0.25, 0.3) is 0 Å². The molecule has 0 amide bonds. The SMILES string of the molecule is Cc1cc(OC2CC(CN)C2)c([N+](=O)[O-])cc1C. The van der Waals surface area contributed by atoms with Gasteiger partial charge in [-0.25, -0.2) is 0 Å². The van der Waals surface area contributed by atoms with E-state index >= 15 is 0 Å². The Morgan fingerprint density at radius 2 is 2.00 bits per heavy atom. The highest BCUT2D eigenvalue weighted by atomic mass is 16.6. The molecule has 0 aromatic heterocycles. The minimum Gasteiger partial charge on any atom is -0.483 e. The summed E-state index contributed by atoms with van der Waals surface area (Å²) < 4.78 is 5.71. The summed E-state index contributed by atoms with van der Waals surface area (Å²) >= 11 is 0. The number of nitrogens with two attached hydrogens (primary N) is 1. The third-order valence-electron chi connectivity index (χ3n) is 3.59. The standard InChI is InChI=1S/C13H18N2O3/c1-8-3-12(15(16)17)13(4-9(8)2)18-11-5-10(6-11)7-14/h3-4,10-11H,5-7,14H2,1-2H3. The molecular weight excluding hydrogens is 232 g/mol. The Morgan fingerprint density at radius 1 is 1.39 bits per heavy atom. The van der Waals surface area contributed by atoms with Gasteiger partial charge >= 0.3 is 5.69 Å². The van der Waals surface area contributed by atoms with Crippen molar-refractivity contribution in [1.29, 1.82) is 0 Å². The normalized spacial score (nSPS) is 22.4. The highest BCUT2D eigenvalue weighted by Crippen LogP contribution is 2.36. The summed E-state index contributed by atoms with van der Waals surface area (Å²) in [6, 6.07) is 3.33. The molecule has 5 nitrogen and oxygen atoms in total. The van der Waals surface area contributed by atoms with E-state index < -0.39 is 0 Å². The molecule has 1 aromatic carbocycles. The Labute approximate surface area is 106 Å². The fourth-order valence-electron chi connectivity index (χ4n) is 2.15. The molecule has 18 heavy (non-hydrogen) atoms. The van der Waals surface area contributed by atoms with Crippen LogP contribution in [0.1, 0.15) is 24.0 Å². The van der Waals surface area contributed by atoms with Gasteiger partial charge in [-0.1, -0.05) is 0 Å². The molecular formula is C13H18N2O3. The van der Waals surface area contributed by atoms with Crippen molar-refractivity contribution < 1.29 is 9.66 Å². The molecule has 0 unspecified atom stereocenters. The van der Waals surface area contributed by atoms with Gasteiger partial charge in [0.15, 0.2) is 5.75 Å². The maximum absolute atomic E-state index is 11.0. The van der Waals surface area contributed by atoms with Crippen LogP contribution >= 0.6 is 0 Å². The number of ether oxygens (including phenoxy) is 1. The van der Waals surface area contributed by atoms with E-state index in [1.807, 2.05) is 13.8 Å². The maximum Gasteiger partial charge on any atom is 0.311 e. The Hall–Kier alpha value is -1.62. The van der Waals surface area contributed by atoms with Gasteiger partial charge in [0.05, 0.1) is 11.0 Å². The molecule has 0 radical (unpaired) electrons. The zero-order valence-corrected chi connectivity index (χ0v) is 10.7. The number of aryl methyl sites for hydroxylation is 2. The maximum atomic E-state index is 11.0. The second-order valence-corrected chi connectivity index (χ2v) is 4.97. The summed E-state index contributed by atoms with van der Waals surface area (Å²) in [4.78, 5) is 10.6. The molecule has 0 aliphatic heterocycles. The van der Waals surface area contributed by atoms with Crippen LogP contribution in [0.15, 0.2) is 12.1 Å². The predicted molar refractivity (Wildman–Crippen MR) is 68.8 cm³/mol. The van der Waals surface area contributed by atoms with Crippen molar-refractivity contribution in [2.45, 2.75) is 32.8 Å². The van der Waals surface area contributed by atoms with E-state index in [1.54, 1.807) is 12.1 Å². The Kier molecular flexibility index (Phi) is 3.52. The molecule has 0 atom stereocenters. The smallest absolute Gasteiger partial charge is 0.311 e. The van der Waals surface area contributed by atoms with Gasteiger partial charge in [0.1, 0.15) is 0 Å². The average Bonchev–Trinajstić information content (AvgIpc) is 2.26. The van der Waals surface area contributed by atoms with Gasteiger partial charge in [-0.15, -0.1) is 0 Å². The first-order valence-electron chi connectivity index (χ1n) is 6.13. The van der Waals surface area contributed by atoms with E-state index in [9.17, 15) is 10.1 Å². The highest BCUT2D eigenvalue weighted by Gasteiger charge is 2.31. The summed E-state index contributed by atoms with van der Waals surface area (Å²) in [6.45, 7) is 4.45. The summed E-state index contributed by atoms with van der Waals surface area (Å²) in [5, 5.41) is 11.0.